The molecule has 0 amide bonds. The molecule has 0 heterocycles. The highest BCUT2D eigenvalue weighted by Crippen LogP contribution is 2.26. The van der Waals surface area contributed by atoms with E-state index in [9.17, 15) is 0 Å². The van der Waals surface area contributed by atoms with Gasteiger partial charge in [-0.2, -0.15) is 0 Å². The number of benzene rings is 1. The summed E-state index contributed by atoms with van der Waals surface area (Å²) in [5.74, 6) is 0. The van der Waals surface area contributed by atoms with Crippen molar-refractivity contribution in [2.24, 2.45) is 0 Å². The zero-order valence-corrected chi connectivity index (χ0v) is 10.1. The van der Waals surface area contributed by atoms with E-state index < -0.39 is 0 Å². The summed E-state index contributed by atoms with van der Waals surface area (Å²) in [6.07, 6.45) is 5.59. The van der Waals surface area contributed by atoms with Crippen LogP contribution in [0.1, 0.15) is 29.5 Å². The summed E-state index contributed by atoms with van der Waals surface area (Å²) in [6, 6.07) is 6.67. The van der Waals surface area contributed by atoms with Crippen LogP contribution in [0.2, 0.25) is 0 Å². The van der Waals surface area contributed by atoms with E-state index in [0.29, 0.717) is 0 Å². The van der Waals surface area contributed by atoms with E-state index in [-0.39, 0.29) is 5.38 Å². The van der Waals surface area contributed by atoms with E-state index in [0.717, 1.165) is 12.8 Å². The summed E-state index contributed by atoms with van der Waals surface area (Å²) in [7, 11) is 0. The van der Waals surface area contributed by atoms with E-state index in [4.69, 9.17) is 11.6 Å². The Labute approximate surface area is 97.0 Å². The molecule has 0 saturated carbocycles. The number of rotatable bonds is 2. The number of alkyl halides is 1. The van der Waals surface area contributed by atoms with Gasteiger partial charge in [-0.3, -0.25) is 0 Å². The predicted molar refractivity (Wildman–Crippen MR) is 66.6 cm³/mol. The normalized spacial score (nSPS) is 20.5. The van der Waals surface area contributed by atoms with Gasteiger partial charge in [-0.1, -0.05) is 35.4 Å². The van der Waals surface area contributed by atoms with Gasteiger partial charge in [0.2, 0.25) is 0 Å². The molecule has 0 nitrogen and oxygen atoms in total. The summed E-state index contributed by atoms with van der Waals surface area (Å²) in [5.41, 5.74) is 5.69. The summed E-state index contributed by atoms with van der Waals surface area (Å²) >= 11 is 6.07. The first-order valence-electron chi connectivity index (χ1n) is 5.55. The second-order valence-corrected chi connectivity index (χ2v) is 5.05. The fourth-order valence-electron chi connectivity index (χ4n) is 2.13. The first kappa shape index (κ1) is 10.8. The lowest BCUT2D eigenvalue weighted by Crippen LogP contribution is -1.92. The summed E-state index contributed by atoms with van der Waals surface area (Å²) < 4.78 is 0. The Balaban J connectivity index is 2.17. The Morgan fingerprint density at radius 2 is 2.13 bits per heavy atom. The number of halogens is 1. The Morgan fingerprint density at radius 3 is 2.80 bits per heavy atom. The zero-order chi connectivity index (χ0) is 10.8. The fraction of sp³-hybridized carbons (Fsp3) is 0.429. The molecule has 1 heteroatoms. The minimum Gasteiger partial charge on any atom is -0.118 e. The first-order chi connectivity index (χ1) is 7.15. The average molecular weight is 221 g/mol. The van der Waals surface area contributed by atoms with Gasteiger partial charge in [0.05, 0.1) is 5.38 Å². The second-order valence-electron chi connectivity index (χ2n) is 4.49. The fourth-order valence-corrected chi connectivity index (χ4v) is 2.42. The van der Waals surface area contributed by atoms with Gasteiger partial charge in [0.15, 0.2) is 0 Å². The van der Waals surface area contributed by atoms with Crippen LogP contribution in [-0.2, 0) is 6.42 Å². The van der Waals surface area contributed by atoms with Crippen LogP contribution in [0.3, 0.4) is 0 Å². The van der Waals surface area contributed by atoms with Crippen LogP contribution >= 0.6 is 11.6 Å². The predicted octanol–water partition coefficient (Wildman–Crippen LogP) is 4.17. The second kappa shape index (κ2) is 4.40. The molecular formula is C14H17Cl. The van der Waals surface area contributed by atoms with Gasteiger partial charge in [0.25, 0.3) is 0 Å². The van der Waals surface area contributed by atoms with E-state index in [1.807, 2.05) is 0 Å². The Hall–Kier alpha value is -0.750. The molecule has 1 unspecified atom stereocenters. The lowest BCUT2D eigenvalue weighted by molar-refractivity contribution is 0.890. The monoisotopic (exact) mass is 220 g/mol. The van der Waals surface area contributed by atoms with Crippen molar-refractivity contribution in [3.8, 4) is 0 Å². The molecule has 0 aromatic heterocycles. The van der Waals surface area contributed by atoms with Crippen molar-refractivity contribution in [3.05, 3.63) is 46.5 Å². The van der Waals surface area contributed by atoms with Gasteiger partial charge in [-0.05, 0) is 44.2 Å². The smallest absolute Gasteiger partial charge is 0.0521 e. The maximum atomic E-state index is 6.07. The van der Waals surface area contributed by atoms with E-state index in [1.165, 1.54) is 28.7 Å². The van der Waals surface area contributed by atoms with E-state index >= 15 is 0 Å². The van der Waals surface area contributed by atoms with E-state index in [1.54, 1.807) is 0 Å². The van der Waals surface area contributed by atoms with Gasteiger partial charge in [-0.15, -0.1) is 11.6 Å². The molecule has 0 N–H and O–H groups in total. The number of aryl methyl sites for hydroxylation is 2. The molecule has 15 heavy (non-hydrogen) atoms. The number of hydrogen-bond acceptors (Lipinski definition) is 0. The van der Waals surface area contributed by atoms with Crippen molar-refractivity contribution >= 4 is 11.6 Å². The molecule has 1 aromatic rings. The van der Waals surface area contributed by atoms with Crippen LogP contribution in [0.15, 0.2) is 29.8 Å². The van der Waals surface area contributed by atoms with Gasteiger partial charge in [-0.25, -0.2) is 0 Å². The van der Waals surface area contributed by atoms with Crippen molar-refractivity contribution in [2.75, 3.05) is 0 Å². The molecule has 0 aliphatic heterocycles. The minimum absolute atomic E-state index is 0.269. The molecule has 0 bridgehead atoms. The highest BCUT2D eigenvalue weighted by atomic mass is 35.5. The van der Waals surface area contributed by atoms with Crippen molar-refractivity contribution in [3.63, 3.8) is 0 Å². The molecule has 0 fully saturated rings. The maximum absolute atomic E-state index is 6.07. The zero-order valence-electron chi connectivity index (χ0n) is 9.39. The molecule has 2 rings (SSSR count). The SMILES string of the molecule is Cc1ccc(C)c(CC2=CC(Cl)CC2)c1. The van der Waals surface area contributed by atoms with Crippen molar-refractivity contribution in [2.45, 2.75) is 38.5 Å². The lowest BCUT2D eigenvalue weighted by atomic mass is 9.98. The molecule has 1 atom stereocenters. The highest BCUT2D eigenvalue weighted by molar-refractivity contribution is 6.22. The molecule has 0 radical (unpaired) electrons. The van der Waals surface area contributed by atoms with Gasteiger partial charge in [0.1, 0.15) is 0 Å². The van der Waals surface area contributed by atoms with Crippen molar-refractivity contribution < 1.29 is 0 Å². The van der Waals surface area contributed by atoms with E-state index in [2.05, 4.69) is 38.1 Å². The van der Waals surface area contributed by atoms with Gasteiger partial charge >= 0.3 is 0 Å². The first-order valence-corrected chi connectivity index (χ1v) is 5.98. The molecule has 80 valence electrons. The molecule has 0 spiro atoms. The van der Waals surface area contributed by atoms with Gasteiger partial charge < -0.3 is 0 Å². The molecule has 1 aliphatic carbocycles. The lowest BCUT2D eigenvalue weighted by Gasteiger charge is -2.07. The third-order valence-corrected chi connectivity index (χ3v) is 3.42. The summed E-state index contributed by atoms with van der Waals surface area (Å²) in [5, 5.41) is 0.269. The number of allylic oxidation sites excluding steroid dienone is 2. The highest BCUT2D eigenvalue weighted by Gasteiger charge is 2.13. The molecule has 1 aromatic carbocycles. The van der Waals surface area contributed by atoms with Crippen molar-refractivity contribution in [1.82, 2.24) is 0 Å². The third kappa shape index (κ3) is 2.63. The van der Waals surface area contributed by atoms with Crippen LogP contribution in [0.4, 0.5) is 0 Å². The maximum Gasteiger partial charge on any atom is 0.0521 e. The van der Waals surface area contributed by atoms with Crippen LogP contribution in [-0.4, -0.2) is 5.38 Å². The standard InChI is InChI=1S/C14H17Cl/c1-10-3-4-11(2)13(7-10)8-12-5-6-14(15)9-12/h3-4,7,9,14H,5-6,8H2,1-2H3. The van der Waals surface area contributed by atoms with Crippen LogP contribution in [0.25, 0.3) is 0 Å². The number of hydrogen-bond donors (Lipinski definition) is 0. The Morgan fingerprint density at radius 1 is 1.33 bits per heavy atom. The van der Waals surface area contributed by atoms with Crippen molar-refractivity contribution in [1.29, 1.82) is 0 Å². The van der Waals surface area contributed by atoms with Crippen LogP contribution < -0.4 is 0 Å². The van der Waals surface area contributed by atoms with Gasteiger partial charge in [0, 0.05) is 0 Å². The van der Waals surface area contributed by atoms with Crippen LogP contribution in [0, 0.1) is 13.8 Å². The Kier molecular flexibility index (Phi) is 3.16. The Bertz CT molecular complexity index is 390. The largest absolute Gasteiger partial charge is 0.118 e. The van der Waals surface area contributed by atoms with Crippen LogP contribution in [0.5, 0.6) is 0 Å². The topological polar surface area (TPSA) is 0 Å². The summed E-state index contributed by atoms with van der Waals surface area (Å²) in [4.78, 5) is 0. The molecular weight excluding hydrogens is 204 g/mol. The summed E-state index contributed by atoms with van der Waals surface area (Å²) in [6.45, 7) is 4.33. The molecule has 0 saturated heterocycles. The quantitative estimate of drug-likeness (QED) is 0.518. The third-order valence-electron chi connectivity index (χ3n) is 3.08. The molecule has 1 aliphatic rings. The minimum atomic E-state index is 0.269. The average Bonchev–Trinajstić information content (AvgIpc) is 2.58.